The zero-order valence-corrected chi connectivity index (χ0v) is 12.1. The van der Waals surface area contributed by atoms with Crippen molar-refractivity contribution in [2.45, 2.75) is 39.5 Å². The van der Waals surface area contributed by atoms with Crippen LogP contribution >= 0.6 is 0 Å². The molecule has 0 bridgehead atoms. The zero-order chi connectivity index (χ0) is 15.5. The van der Waals surface area contributed by atoms with Gasteiger partial charge in [-0.2, -0.15) is 0 Å². The molecule has 1 aromatic carbocycles. The fourth-order valence-corrected chi connectivity index (χ4v) is 1.70. The van der Waals surface area contributed by atoms with E-state index in [9.17, 15) is 20.0 Å². The Morgan fingerprint density at radius 2 is 2.00 bits per heavy atom. The number of nitro groups is 1. The highest BCUT2D eigenvalue weighted by atomic mass is 16.6. The number of carboxylic acid groups (broad SMARTS) is 1. The molecule has 0 saturated carbocycles. The summed E-state index contributed by atoms with van der Waals surface area (Å²) in [6.45, 7) is 7.67. The third kappa shape index (κ3) is 3.46. The molecule has 0 heterocycles. The monoisotopic (exact) mass is 281 g/mol. The molecule has 0 saturated heterocycles. The van der Waals surface area contributed by atoms with Crippen LogP contribution in [0.5, 0.6) is 5.75 Å². The van der Waals surface area contributed by atoms with Gasteiger partial charge in [0, 0.05) is 6.07 Å². The quantitative estimate of drug-likeness (QED) is 0.660. The maximum Gasteiger partial charge on any atom is 0.339 e. The Kier molecular flexibility index (Phi) is 4.70. The van der Waals surface area contributed by atoms with Crippen LogP contribution in [0.1, 0.15) is 50.0 Å². The normalized spacial score (nSPS) is 11.2. The fraction of sp³-hybridized carbons (Fsp3) is 0.500. The number of rotatable bonds is 5. The van der Waals surface area contributed by atoms with Crippen molar-refractivity contribution in [1.82, 2.24) is 0 Å². The average Bonchev–Trinajstić information content (AvgIpc) is 2.33. The van der Waals surface area contributed by atoms with Gasteiger partial charge in [0.05, 0.1) is 11.5 Å². The first-order valence-electron chi connectivity index (χ1n) is 6.37. The highest BCUT2D eigenvalue weighted by molar-refractivity contribution is 5.93. The van der Waals surface area contributed by atoms with Crippen LogP contribution in [0.3, 0.4) is 0 Å². The number of ether oxygens (including phenoxy) is 1. The van der Waals surface area contributed by atoms with Gasteiger partial charge in [0.25, 0.3) is 0 Å². The summed E-state index contributed by atoms with van der Waals surface area (Å²) in [5, 5.41) is 20.4. The molecule has 0 unspecified atom stereocenters. The summed E-state index contributed by atoms with van der Waals surface area (Å²) < 4.78 is 5.29. The summed E-state index contributed by atoms with van der Waals surface area (Å²) in [5.74, 6) is -1.40. The molecule has 0 aliphatic carbocycles. The van der Waals surface area contributed by atoms with E-state index in [0.717, 1.165) is 0 Å². The third-order valence-corrected chi connectivity index (χ3v) is 2.81. The molecule has 1 aromatic rings. The number of nitrogens with zero attached hydrogens (tertiary/aromatic N) is 1. The van der Waals surface area contributed by atoms with Crippen molar-refractivity contribution in [3.63, 3.8) is 0 Å². The lowest BCUT2D eigenvalue weighted by molar-refractivity contribution is -0.386. The van der Waals surface area contributed by atoms with E-state index in [0.29, 0.717) is 12.0 Å². The van der Waals surface area contributed by atoms with Crippen molar-refractivity contribution in [3.05, 3.63) is 33.4 Å². The first kappa shape index (κ1) is 15.9. The Morgan fingerprint density at radius 1 is 1.40 bits per heavy atom. The fourth-order valence-electron chi connectivity index (χ4n) is 1.70. The van der Waals surface area contributed by atoms with Crippen LogP contribution in [0.4, 0.5) is 5.69 Å². The highest BCUT2D eigenvalue weighted by Crippen LogP contribution is 2.36. The summed E-state index contributed by atoms with van der Waals surface area (Å²) in [6.07, 6.45) is 0.636. The molecule has 110 valence electrons. The number of hydrogen-bond acceptors (Lipinski definition) is 4. The molecule has 1 rings (SSSR count). The van der Waals surface area contributed by atoms with Gasteiger partial charge in [-0.3, -0.25) is 10.1 Å². The van der Waals surface area contributed by atoms with Crippen LogP contribution in [-0.4, -0.2) is 22.6 Å². The molecule has 0 atom stereocenters. The molecule has 0 fully saturated rings. The zero-order valence-electron chi connectivity index (χ0n) is 12.1. The Morgan fingerprint density at radius 3 is 2.40 bits per heavy atom. The molecule has 0 radical (unpaired) electrons. The second-order valence-electron chi connectivity index (χ2n) is 5.53. The Bertz CT molecular complexity index is 496. The predicted molar refractivity (Wildman–Crippen MR) is 74.5 cm³/mol. The van der Waals surface area contributed by atoms with Gasteiger partial charge in [-0.05, 0) is 23.5 Å². The molecule has 20 heavy (non-hydrogen) atoms. The van der Waals surface area contributed by atoms with Gasteiger partial charge in [0.1, 0.15) is 5.56 Å². The van der Waals surface area contributed by atoms with E-state index in [1.807, 2.05) is 27.7 Å². The topological polar surface area (TPSA) is 89.7 Å². The van der Waals surface area contributed by atoms with Gasteiger partial charge in [-0.25, -0.2) is 4.79 Å². The van der Waals surface area contributed by atoms with Gasteiger partial charge >= 0.3 is 11.7 Å². The first-order chi connectivity index (χ1) is 9.18. The maximum absolute atomic E-state index is 11.3. The Balaban J connectivity index is 3.55. The van der Waals surface area contributed by atoms with E-state index in [1.54, 1.807) is 0 Å². The molecular formula is C14H19NO5. The average molecular weight is 281 g/mol. The van der Waals surface area contributed by atoms with Crippen LogP contribution in [0.25, 0.3) is 0 Å². The summed E-state index contributed by atoms with van der Waals surface area (Å²) in [5.41, 5.74) is -0.274. The summed E-state index contributed by atoms with van der Waals surface area (Å²) in [4.78, 5) is 21.9. The number of carbonyl (C=O) groups is 1. The van der Waals surface area contributed by atoms with Crippen molar-refractivity contribution in [2.24, 2.45) is 0 Å². The number of carboxylic acids is 1. The van der Waals surface area contributed by atoms with Gasteiger partial charge < -0.3 is 9.84 Å². The largest absolute Gasteiger partial charge is 0.486 e. The SMILES string of the molecule is CCCOc1c(C(=O)O)cc(C(C)(C)C)cc1[N+](=O)[O-]. The lowest BCUT2D eigenvalue weighted by Crippen LogP contribution is -2.15. The third-order valence-electron chi connectivity index (χ3n) is 2.81. The molecule has 1 N–H and O–H groups in total. The van der Waals surface area contributed by atoms with Crippen molar-refractivity contribution in [1.29, 1.82) is 0 Å². The molecule has 0 spiro atoms. The molecular weight excluding hydrogens is 262 g/mol. The van der Waals surface area contributed by atoms with Crippen molar-refractivity contribution >= 4 is 11.7 Å². The van der Waals surface area contributed by atoms with E-state index in [-0.39, 0.29) is 23.6 Å². The minimum absolute atomic E-state index is 0.169. The van der Waals surface area contributed by atoms with Gasteiger partial charge in [0.15, 0.2) is 0 Å². The number of benzene rings is 1. The molecule has 0 aliphatic heterocycles. The van der Waals surface area contributed by atoms with Crippen LogP contribution in [0.2, 0.25) is 0 Å². The van der Waals surface area contributed by atoms with E-state index in [4.69, 9.17) is 4.74 Å². The second kappa shape index (κ2) is 5.90. The number of aromatic carboxylic acids is 1. The van der Waals surface area contributed by atoms with Crippen LogP contribution in [-0.2, 0) is 5.41 Å². The van der Waals surface area contributed by atoms with Crippen molar-refractivity contribution < 1.29 is 19.6 Å². The second-order valence-corrected chi connectivity index (χ2v) is 5.53. The molecule has 0 aromatic heterocycles. The lowest BCUT2D eigenvalue weighted by atomic mass is 9.85. The Hall–Kier alpha value is -2.11. The van der Waals surface area contributed by atoms with Crippen LogP contribution < -0.4 is 4.74 Å². The van der Waals surface area contributed by atoms with Crippen LogP contribution in [0, 0.1) is 10.1 Å². The first-order valence-corrected chi connectivity index (χ1v) is 6.37. The molecule has 0 aliphatic rings. The summed E-state index contributed by atoms with van der Waals surface area (Å²) >= 11 is 0. The molecule has 6 nitrogen and oxygen atoms in total. The van der Waals surface area contributed by atoms with Crippen molar-refractivity contribution in [2.75, 3.05) is 6.61 Å². The minimum atomic E-state index is -1.23. The Labute approximate surface area is 117 Å². The maximum atomic E-state index is 11.3. The smallest absolute Gasteiger partial charge is 0.339 e. The van der Waals surface area contributed by atoms with Crippen molar-refractivity contribution in [3.8, 4) is 5.75 Å². The highest BCUT2D eigenvalue weighted by Gasteiger charge is 2.28. The van der Waals surface area contributed by atoms with E-state index >= 15 is 0 Å². The standard InChI is InChI=1S/C14H19NO5/c1-5-6-20-12-10(13(16)17)7-9(14(2,3)4)8-11(12)15(18)19/h7-8H,5-6H2,1-4H3,(H,16,17). The van der Waals surface area contributed by atoms with Crippen LogP contribution in [0.15, 0.2) is 12.1 Å². The van der Waals surface area contributed by atoms with Gasteiger partial charge in [0.2, 0.25) is 5.75 Å². The number of nitro benzene ring substituents is 1. The summed E-state index contributed by atoms with van der Waals surface area (Å²) in [6, 6.07) is 2.83. The number of hydrogen-bond donors (Lipinski definition) is 1. The van der Waals surface area contributed by atoms with Gasteiger partial charge in [-0.1, -0.05) is 27.7 Å². The van der Waals surface area contributed by atoms with E-state index < -0.39 is 16.3 Å². The predicted octanol–water partition coefficient (Wildman–Crippen LogP) is 3.38. The minimum Gasteiger partial charge on any atom is -0.486 e. The van der Waals surface area contributed by atoms with Gasteiger partial charge in [-0.15, -0.1) is 0 Å². The summed E-state index contributed by atoms with van der Waals surface area (Å²) in [7, 11) is 0. The van der Waals surface area contributed by atoms with E-state index in [2.05, 4.69) is 0 Å². The molecule has 6 heteroatoms. The lowest BCUT2D eigenvalue weighted by Gasteiger charge is -2.20. The molecule has 0 amide bonds. The van der Waals surface area contributed by atoms with E-state index in [1.165, 1.54) is 12.1 Å².